The number of amides is 1. The van der Waals surface area contributed by atoms with Crippen molar-refractivity contribution in [3.8, 4) is 0 Å². The Labute approximate surface area is 109 Å². The van der Waals surface area contributed by atoms with Crippen LogP contribution in [0.5, 0.6) is 0 Å². The van der Waals surface area contributed by atoms with Crippen molar-refractivity contribution in [3.05, 3.63) is 12.7 Å². The second-order valence-corrected chi connectivity index (χ2v) is 5.26. The number of hydrogen-bond donors (Lipinski definition) is 2. The summed E-state index contributed by atoms with van der Waals surface area (Å²) in [5.74, 6) is -0.759. The van der Waals surface area contributed by atoms with E-state index in [9.17, 15) is 13.2 Å². The molecule has 1 amide bonds. The summed E-state index contributed by atoms with van der Waals surface area (Å²) in [4.78, 5) is 10.8. The van der Waals surface area contributed by atoms with Crippen LogP contribution < -0.4 is 5.32 Å². The van der Waals surface area contributed by atoms with Gasteiger partial charge in [-0.15, -0.1) is 0 Å². The van der Waals surface area contributed by atoms with Crippen LogP contribution in [0.1, 0.15) is 16.7 Å². The van der Waals surface area contributed by atoms with Crippen LogP contribution in [0.15, 0.2) is 12.7 Å². The van der Waals surface area contributed by atoms with Gasteiger partial charge in [-0.25, -0.2) is 0 Å². The third kappa shape index (κ3) is 10.2. The summed E-state index contributed by atoms with van der Waals surface area (Å²) in [6.07, 6.45) is 1.10. The van der Waals surface area contributed by atoms with Crippen LogP contribution in [0.4, 0.5) is 0 Å². The van der Waals surface area contributed by atoms with E-state index in [4.69, 9.17) is 4.55 Å². The molecule has 0 aromatic carbocycles. The van der Waals surface area contributed by atoms with Crippen molar-refractivity contribution in [3.63, 3.8) is 0 Å². The van der Waals surface area contributed by atoms with E-state index in [1.807, 2.05) is 0 Å². The molecule has 0 fully saturated rings. The summed E-state index contributed by atoms with van der Waals surface area (Å²) in [7, 11) is -4.01. The van der Waals surface area contributed by atoms with Crippen LogP contribution in [0.25, 0.3) is 0 Å². The van der Waals surface area contributed by atoms with E-state index in [0.717, 1.165) is 6.08 Å². The Morgan fingerprint density at radius 1 is 1.60 bits per heavy atom. The van der Waals surface area contributed by atoms with Gasteiger partial charge in [0.05, 0.1) is 5.75 Å². The van der Waals surface area contributed by atoms with Gasteiger partial charge >= 0.3 is 23.1 Å². The molecule has 0 unspecified atom stereocenters. The van der Waals surface area contributed by atoms with Crippen molar-refractivity contribution >= 4 is 39.1 Å². The number of nitrogens with one attached hydrogen (secondary N) is 1. The molecular formula is C8H17MgNO4S. The van der Waals surface area contributed by atoms with Crippen molar-refractivity contribution in [2.45, 2.75) is 13.8 Å². The van der Waals surface area contributed by atoms with Gasteiger partial charge in [0, 0.05) is 6.54 Å². The molecule has 0 rings (SSSR count). The van der Waals surface area contributed by atoms with Crippen LogP contribution in [-0.4, -0.2) is 54.2 Å². The fourth-order valence-corrected chi connectivity index (χ4v) is 2.03. The summed E-state index contributed by atoms with van der Waals surface area (Å²) < 4.78 is 29.8. The van der Waals surface area contributed by atoms with Gasteiger partial charge in [0.25, 0.3) is 10.1 Å². The van der Waals surface area contributed by atoms with Crippen LogP contribution in [0.3, 0.4) is 0 Å². The molecule has 15 heavy (non-hydrogen) atoms. The first-order valence-corrected chi connectivity index (χ1v) is 5.63. The quantitative estimate of drug-likeness (QED) is 0.408. The number of carbonyl (C=O) groups excluding carboxylic acids is 1. The number of hydrogen-bond acceptors (Lipinski definition) is 3. The Bertz CT molecular complexity index is 332. The zero-order chi connectivity index (χ0) is 11.4. The normalized spacial score (nSPS) is 11.4. The van der Waals surface area contributed by atoms with Crippen molar-refractivity contribution in [2.24, 2.45) is 5.41 Å². The molecule has 86 valence electrons. The summed E-state index contributed by atoms with van der Waals surface area (Å²) in [5.41, 5.74) is -0.702. The molecule has 5 nitrogen and oxygen atoms in total. The molecule has 0 aliphatic heterocycles. The Balaban J connectivity index is -0.000000282. The first-order chi connectivity index (χ1) is 6.16. The number of carbonyl (C=O) groups is 1. The van der Waals surface area contributed by atoms with Crippen molar-refractivity contribution < 1.29 is 20.6 Å². The standard InChI is InChI=1S/C8H15NO4S.Mg.2H/c1-4-7(10)9-5-8(2,3)6-14(11,12)13;;;/h4H,1,5-6H2,2-3H3,(H,9,10)(H,11,12,13);;;/q;+2;2*-1. The fourth-order valence-electron chi connectivity index (χ4n) is 0.943. The second kappa shape index (κ2) is 6.46. The zero-order valence-electron chi connectivity index (χ0n) is 11.0. The van der Waals surface area contributed by atoms with E-state index >= 15 is 0 Å². The molecule has 0 bridgehead atoms. The summed E-state index contributed by atoms with van der Waals surface area (Å²) in [5, 5.41) is 2.46. The predicted octanol–water partition coefficient (Wildman–Crippen LogP) is 0.0468. The molecule has 0 saturated heterocycles. The van der Waals surface area contributed by atoms with Gasteiger partial charge < -0.3 is 8.17 Å². The van der Waals surface area contributed by atoms with Gasteiger partial charge in [-0.3, -0.25) is 9.35 Å². The minimum Gasteiger partial charge on any atom is -1.00 e. The van der Waals surface area contributed by atoms with Crippen molar-refractivity contribution in [2.75, 3.05) is 12.3 Å². The van der Waals surface area contributed by atoms with E-state index in [1.54, 1.807) is 13.8 Å². The molecule has 0 aliphatic carbocycles. The molecule has 0 aromatic heterocycles. The third-order valence-electron chi connectivity index (χ3n) is 1.50. The van der Waals surface area contributed by atoms with Gasteiger partial charge in [0.2, 0.25) is 5.91 Å². The maximum Gasteiger partial charge on any atom is 2.00 e. The molecule has 0 spiro atoms. The van der Waals surface area contributed by atoms with Gasteiger partial charge in [-0.1, -0.05) is 20.4 Å². The molecular weight excluding hydrogens is 230 g/mol. The largest absolute Gasteiger partial charge is 2.00 e. The molecule has 0 aromatic rings. The third-order valence-corrected chi connectivity index (χ3v) is 2.65. The van der Waals surface area contributed by atoms with Crippen LogP contribution >= 0.6 is 0 Å². The van der Waals surface area contributed by atoms with E-state index < -0.39 is 21.3 Å². The topological polar surface area (TPSA) is 83.5 Å². The average Bonchev–Trinajstić information content (AvgIpc) is 1.96. The van der Waals surface area contributed by atoms with E-state index in [2.05, 4.69) is 11.9 Å². The van der Waals surface area contributed by atoms with E-state index in [0.29, 0.717) is 0 Å². The van der Waals surface area contributed by atoms with Gasteiger partial charge in [-0.2, -0.15) is 8.42 Å². The average molecular weight is 248 g/mol. The van der Waals surface area contributed by atoms with Crippen molar-refractivity contribution in [1.82, 2.24) is 5.32 Å². The van der Waals surface area contributed by atoms with Crippen LogP contribution in [-0.2, 0) is 14.9 Å². The summed E-state index contributed by atoms with van der Waals surface area (Å²) >= 11 is 0. The Morgan fingerprint density at radius 3 is 2.40 bits per heavy atom. The molecule has 2 N–H and O–H groups in total. The predicted molar refractivity (Wildman–Crippen MR) is 61.4 cm³/mol. The molecule has 0 atom stereocenters. The smallest absolute Gasteiger partial charge is 1.00 e. The maximum atomic E-state index is 10.8. The van der Waals surface area contributed by atoms with Gasteiger partial charge in [0.15, 0.2) is 0 Å². The second-order valence-electron chi connectivity index (χ2n) is 3.81. The van der Waals surface area contributed by atoms with Gasteiger partial charge in [0.1, 0.15) is 0 Å². The SMILES string of the molecule is C=CC(=O)NCC(C)(C)CS(=O)(=O)O.[H-].[H-].[Mg+2]. The minimum absolute atomic E-state index is 0. The Hall–Kier alpha value is -0.114. The maximum absolute atomic E-state index is 10.8. The first kappa shape index (κ1) is 17.3. The van der Waals surface area contributed by atoms with E-state index in [1.165, 1.54) is 0 Å². The molecule has 0 saturated carbocycles. The van der Waals surface area contributed by atoms with Crippen molar-refractivity contribution in [1.29, 1.82) is 0 Å². The van der Waals surface area contributed by atoms with E-state index in [-0.39, 0.29) is 38.4 Å². The molecule has 0 heterocycles. The first-order valence-electron chi connectivity index (χ1n) is 4.02. The number of rotatable bonds is 5. The molecule has 0 aliphatic rings. The van der Waals surface area contributed by atoms with Crippen LogP contribution in [0.2, 0.25) is 0 Å². The molecule has 0 radical (unpaired) electrons. The summed E-state index contributed by atoms with van der Waals surface area (Å²) in [6, 6.07) is 0. The molecule has 7 heteroatoms. The Morgan fingerprint density at radius 2 is 2.07 bits per heavy atom. The Kier molecular flexibility index (Phi) is 7.45. The van der Waals surface area contributed by atoms with Crippen LogP contribution in [0, 0.1) is 5.41 Å². The van der Waals surface area contributed by atoms with Gasteiger partial charge in [-0.05, 0) is 11.5 Å². The summed E-state index contributed by atoms with van der Waals surface area (Å²) in [6.45, 7) is 6.68. The zero-order valence-corrected chi connectivity index (χ0v) is 11.2. The monoisotopic (exact) mass is 247 g/mol. The minimum atomic E-state index is -4.01. The fraction of sp³-hybridized carbons (Fsp3) is 0.625.